The molecule has 0 N–H and O–H groups in total. The minimum atomic E-state index is -3.46. The molecule has 0 radical (unpaired) electrons. The van der Waals surface area contributed by atoms with Gasteiger partial charge in [0.25, 0.3) is 0 Å². The first-order chi connectivity index (χ1) is 11.0. The van der Waals surface area contributed by atoms with E-state index in [2.05, 4.69) is 22.1 Å². The lowest BCUT2D eigenvalue weighted by Gasteiger charge is -2.35. The first-order valence-corrected chi connectivity index (χ1v) is 9.30. The van der Waals surface area contributed by atoms with Crippen LogP contribution in [0.2, 0.25) is 0 Å². The highest BCUT2D eigenvalue weighted by atomic mass is 32.2. The zero-order valence-corrected chi connectivity index (χ0v) is 14.3. The molecule has 1 aromatic carbocycles. The molecule has 3 rings (SSSR count). The minimum absolute atomic E-state index is 0.326. The fraction of sp³-hybridized carbons (Fsp3) is 0.438. The monoisotopic (exact) mass is 334 g/mol. The molecule has 0 saturated carbocycles. The van der Waals surface area contributed by atoms with E-state index in [-0.39, 0.29) is 0 Å². The van der Waals surface area contributed by atoms with Crippen LogP contribution in [0.4, 0.5) is 5.69 Å². The van der Waals surface area contributed by atoms with Crippen LogP contribution < -0.4 is 4.90 Å². The summed E-state index contributed by atoms with van der Waals surface area (Å²) < 4.78 is 29.0. The maximum Gasteiger partial charge on any atom is 0.246 e. The molecular weight excluding hydrogens is 312 g/mol. The number of hydrogen-bond donors (Lipinski definition) is 0. The molecule has 1 aliphatic heterocycles. The van der Waals surface area contributed by atoms with Crippen LogP contribution >= 0.6 is 0 Å². The third kappa shape index (κ3) is 2.98. The minimum Gasteiger partial charge on any atom is -0.369 e. The maximum absolute atomic E-state index is 12.8. The molecule has 0 aliphatic carbocycles. The van der Waals surface area contributed by atoms with Gasteiger partial charge in [0.05, 0.1) is 11.9 Å². The largest absolute Gasteiger partial charge is 0.369 e. The molecule has 1 fully saturated rings. The molecule has 7 heteroatoms. The number of aromatic nitrogens is 2. The van der Waals surface area contributed by atoms with E-state index in [1.807, 2.05) is 32.0 Å². The molecule has 1 aliphatic rings. The Bertz CT molecular complexity index is 763. The van der Waals surface area contributed by atoms with Gasteiger partial charge < -0.3 is 4.90 Å². The van der Waals surface area contributed by atoms with Crippen LogP contribution in [-0.2, 0) is 16.6 Å². The molecule has 0 amide bonds. The standard InChI is InChI=1S/C16H22N4O2S/c1-3-20-14(2)16(13-17-20)23(21,22)19-11-9-18(10-12-19)15-7-5-4-6-8-15/h4-8,13H,3,9-12H2,1-2H3. The topological polar surface area (TPSA) is 58.4 Å². The average molecular weight is 334 g/mol. The Kier molecular flexibility index (Phi) is 4.41. The second-order valence-corrected chi connectivity index (χ2v) is 7.54. The quantitative estimate of drug-likeness (QED) is 0.854. The first-order valence-electron chi connectivity index (χ1n) is 7.86. The smallest absolute Gasteiger partial charge is 0.246 e. The molecule has 2 heterocycles. The summed E-state index contributed by atoms with van der Waals surface area (Å²) in [6.45, 7) is 6.82. The van der Waals surface area contributed by atoms with E-state index in [1.54, 1.807) is 8.99 Å². The van der Waals surface area contributed by atoms with Crippen molar-refractivity contribution in [2.75, 3.05) is 31.1 Å². The summed E-state index contributed by atoms with van der Waals surface area (Å²) in [4.78, 5) is 2.54. The molecule has 124 valence electrons. The van der Waals surface area contributed by atoms with Crippen molar-refractivity contribution >= 4 is 15.7 Å². The highest BCUT2D eigenvalue weighted by molar-refractivity contribution is 7.89. The van der Waals surface area contributed by atoms with Crippen LogP contribution in [0.1, 0.15) is 12.6 Å². The van der Waals surface area contributed by atoms with E-state index in [0.29, 0.717) is 43.3 Å². The molecule has 23 heavy (non-hydrogen) atoms. The Morgan fingerprint density at radius 3 is 2.30 bits per heavy atom. The average Bonchev–Trinajstić information content (AvgIpc) is 2.97. The number of nitrogens with zero attached hydrogens (tertiary/aromatic N) is 4. The number of para-hydroxylation sites is 1. The summed E-state index contributed by atoms with van der Waals surface area (Å²) in [5.41, 5.74) is 1.84. The van der Waals surface area contributed by atoms with Gasteiger partial charge in [-0.1, -0.05) is 18.2 Å². The molecule has 1 saturated heterocycles. The van der Waals surface area contributed by atoms with E-state index in [9.17, 15) is 8.42 Å². The Morgan fingerprint density at radius 2 is 1.74 bits per heavy atom. The molecule has 6 nitrogen and oxygen atoms in total. The zero-order chi connectivity index (χ0) is 16.4. The van der Waals surface area contributed by atoms with Crippen molar-refractivity contribution in [3.8, 4) is 0 Å². The van der Waals surface area contributed by atoms with Crippen molar-refractivity contribution in [3.05, 3.63) is 42.2 Å². The molecule has 2 aromatic rings. The van der Waals surface area contributed by atoms with Gasteiger partial charge >= 0.3 is 0 Å². The first kappa shape index (κ1) is 16.0. The molecule has 0 bridgehead atoms. The summed E-state index contributed by atoms with van der Waals surface area (Å²) >= 11 is 0. The zero-order valence-electron chi connectivity index (χ0n) is 13.5. The van der Waals surface area contributed by atoms with Crippen LogP contribution in [0, 0.1) is 6.92 Å². The van der Waals surface area contributed by atoms with Gasteiger partial charge in [-0.25, -0.2) is 8.42 Å². The predicted octanol–water partition coefficient (Wildman–Crippen LogP) is 1.72. The summed E-state index contributed by atoms with van der Waals surface area (Å²) in [5.74, 6) is 0. The van der Waals surface area contributed by atoms with E-state index in [1.165, 1.54) is 6.20 Å². The van der Waals surface area contributed by atoms with Crippen molar-refractivity contribution in [1.29, 1.82) is 0 Å². The number of benzene rings is 1. The van der Waals surface area contributed by atoms with Crippen molar-refractivity contribution in [2.24, 2.45) is 0 Å². The Balaban J connectivity index is 1.75. The number of aryl methyl sites for hydroxylation is 1. The summed E-state index contributed by atoms with van der Waals surface area (Å²) in [7, 11) is -3.46. The lowest BCUT2D eigenvalue weighted by molar-refractivity contribution is 0.384. The summed E-state index contributed by atoms with van der Waals surface area (Å²) in [6, 6.07) is 10.1. The van der Waals surface area contributed by atoms with Gasteiger partial charge in [0.2, 0.25) is 10.0 Å². The molecule has 0 unspecified atom stereocenters. The Labute approximate surface area is 137 Å². The number of sulfonamides is 1. The third-order valence-corrected chi connectivity index (χ3v) is 6.34. The summed E-state index contributed by atoms with van der Waals surface area (Å²) in [5, 5.41) is 4.16. The van der Waals surface area contributed by atoms with Crippen LogP contribution in [0.3, 0.4) is 0 Å². The lowest BCUT2D eigenvalue weighted by Crippen LogP contribution is -2.48. The van der Waals surface area contributed by atoms with E-state index in [4.69, 9.17) is 0 Å². The van der Waals surface area contributed by atoms with Crippen molar-refractivity contribution < 1.29 is 8.42 Å². The van der Waals surface area contributed by atoms with Crippen LogP contribution in [0.5, 0.6) is 0 Å². The van der Waals surface area contributed by atoms with Gasteiger partial charge in [0, 0.05) is 38.4 Å². The van der Waals surface area contributed by atoms with Gasteiger partial charge in [0.15, 0.2) is 0 Å². The van der Waals surface area contributed by atoms with E-state index in [0.717, 1.165) is 5.69 Å². The van der Waals surface area contributed by atoms with Crippen molar-refractivity contribution in [2.45, 2.75) is 25.3 Å². The van der Waals surface area contributed by atoms with Crippen molar-refractivity contribution in [1.82, 2.24) is 14.1 Å². The Morgan fingerprint density at radius 1 is 1.09 bits per heavy atom. The predicted molar refractivity (Wildman–Crippen MR) is 90.1 cm³/mol. The van der Waals surface area contributed by atoms with Gasteiger partial charge in [-0.05, 0) is 26.0 Å². The third-order valence-electron chi connectivity index (χ3n) is 4.34. The SMILES string of the molecule is CCn1ncc(S(=O)(=O)N2CCN(c3ccccc3)CC2)c1C. The normalized spacial score (nSPS) is 16.7. The van der Waals surface area contributed by atoms with Crippen LogP contribution in [0.15, 0.2) is 41.4 Å². The molecular formula is C16H22N4O2S. The fourth-order valence-electron chi connectivity index (χ4n) is 2.97. The summed E-state index contributed by atoms with van der Waals surface area (Å²) in [6.07, 6.45) is 1.47. The maximum atomic E-state index is 12.8. The van der Waals surface area contributed by atoms with Gasteiger partial charge in [-0.2, -0.15) is 9.40 Å². The highest BCUT2D eigenvalue weighted by Gasteiger charge is 2.31. The highest BCUT2D eigenvalue weighted by Crippen LogP contribution is 2.22. The molecule has 0 spiro atoms. The van der Waals surface area contributed by atoms with Crippen LogP contribution in [-0.4, -0.2) is 48.7 Å². The number of piperazine rings is 1. The fourth-order valence-corrected chi connectivity index (χ4v) is 4.55. The van der Waals surface area contributed by atoms with E-state index < -0.39 is 10.0 Å². The second kappa shape index (κ2) is 6.33. The number of hydrogen-bond acceptors (Lipinski definition) is 4. The van der Waals surface area contributed by atoms with Gasteiger partial charge in [-0.15, -0.1) is 0 Å². The van der Waals surface area contributed by atoms with Gasteiger partial charge in [0.1, 0.15) is 4.90 Å². The van der Waals surface area contributed by atoms with Gasteiger partial charge in [-0.3, -0.25) is 4.68 Å². The molecule has 0 atom stereocenters. The number of rotatable bonds is 4. The molecule has 1 aromatic heterocycles. The van der Waals surface area contributed by atoms with Crippen molar-refractivity contribution in [3.63, 3.8) is 0 Å². The van der Waals surface area contributed by atoms with Crippen LogP contribution in [0.25, 0.3) is 0 Å². The second-order valence-electron chi connectivity index (χ2n) is 5.64. The van der Waals surface area contributed by atoms with E-state index >= 15 is 0 Å². The Hall–Kier alpha value is -1.86. The number of anilines is 1. The lowest BCUT2D eigenvalue weighted by atomic mass is 10.2.